The molecular formula is C14H16N6O. The van der Waals surface area contributed by atoms with Crippen LogP contribution in [0.5, 0.6) is 0 Å². The lowest BCUT2D eigenvalue weighted by Gasteiger charge is -2.34. The molecule has 0 saturated carbocycles. The molecule has 1 saturated heterocycles. The summed E-state index contributed by atoms with van der Waals surface area (Å²) >= 11 is 0. The van der Waals surface area contributed by atoms with Crippen LogP contribution < -0.4 is 4.90 Å². The Morgan fingerprint density at radius 3 is 2.48 bits per heavy atom. The fourth-order valence-electron chi connectivity index (χ4n) is 2.36. The molecule has 0 unspecified atom stereocenters. The van der Waals surface area contributed by atoms with E-state index in [0.29, 0.717) is 30.3 Å². The molecule has 3 rings (SSSR count). The highest BCUT2D eigenvalue weighted by Crippen LogP contribution is 2.13. The van der Waals surface area contributed by atoms with Gasteiger partial charge in [-0.15, -0.1) is 0 Å². The maximum Gasteiger partial charge on any atom is 0.255 e. The molecule has 1 fully saturated rings. The topological polar surface area (TPSA) is 75.1 Å². The lowest BCUT2D eigenvalue weighted by Crippen LogP contribution is -2.49. The van der Waals surface area contributed by atoms with Crippen LogP contribution in [0.4, 0.5) is 5.95 Å². The van der Waals surface area contributed by atoms with E-state index in [1.807, 2.05) is 4.90 Å². The van der Waals surface area contributed by atoms with Gasteiger partial charge in [0.05, 0.1) is 17.5 Å². The molecular weight excluding hydrogens is 268 g/mol. The highest BCUT2D eigenvalue weighted by Gasteiger charge is 2.24. The summed E-state index contributed by atoms with van der Waals surface area (Å²) in [4.78, 5) is 24.9. The zero-order valence-electron chi connectivity index (χ0n) is 11.8. The summed E-state index contributed by atoms with van der Waals surface area (Å²) in [6, 6.07) is 3.51. The lowest BCUT2D eigenvalue weighted by atomic mass is 10.2. The van der Waals surface area contributed by atoms with E-state index in [1.165, 1.54) is 0 Å². The average molecular weight is 284 g/mol. The van der Waals surface area contributed by atoms with Crippen molar-refractivity contribution in [2.24, 2.45) is 0 Å². The second-order valence-electron chi connectivity index (χ2n) is 4.86. The molecule has 21 heavy (non-hydrogen) atoms. The molecule has 0 spiro atoms. The van der Waals surface area contributed by atoms with Gasteiger partial charge in [-0.05, 0) is 19.1 Å². The van der Waals surface area contributed by atoms with Crippen LogP contribution in [0.15, 0.2) is 30.7 Å². The maximum atomic E-state index is 12.5. The minimum Gasteiger partial charge on any atom is -0.337 e. The third-order valence-corrected chi connectivity index (χ3v) is 3.54. The molecule has 7 nitrogen and oxygen atoms in total. The van der Waals surface area contributed by atoms with Gasteiger partial charge in [-0.1, -0.05) is 0 Å². The number of aromatic nitrogens is 4. The SMILES string of the molecule is Cc1nnccc1C(=O)N1CCN(c2ncccn2)CC1. The van der Waals surface area contributed by atoms with E-state index >= 15 is 0 Å². The summed E-state index contributed by atoms with van der Waals surface area (Å²) in [5.74, 6) is 0.724. The fraction of sp³-hybridized carbons (Fsp3) is 0.357. The van der Waals surface area contributed by atoms with Gasteiger partial charge in [0, 0.05) is 38.6 Å². The second kappa shape index (κ2) is 5.82. The summed E-state index contributed by atoms with van der Waals surface area (Å²) < 4.78 is 0. The normalized spacial score (nSPS) is 15.1. The van der Waals surface area contributed by atoms with E-state index in [9.17, 15) is 4.79 Å². The Balaban J connectivity index is 1.66. The van der Waals surface area contributed by atoms with E-state index in [-0.39, 0.29) is 5.91 Å². The summed E-state index contributed by atoms with van der Waals surface area (Å²) in [5.41, 5.74) is 1.28. The lowest BCUT2D eigenvalue weighted by molar-refractivity contribution is 0.0744. The predicted octanol–water partition coefficient (Wildman–Crippen LogP) is 0.537. The van der Waals surface area contributed by atoms with Crippen molar-refractivity contribution in [1.82, 2.24) is 25.1 Å². The molecule has 2 aromatic heterocycles. The summed E-state index contributed by atoms with van der Waals surface area (Å²) in [6.45, 7) is 4.56. The standard InChI is InChI=1S/C14H16N6O/c1-11-12(3-6-17-18-11)13(21)19-7-9-20(10-8-19)14-15-4-2-5-16-14/h2-6H,7-10H2,1H3. The maximum absolute atomic E-state index is 12.5. The second-order valence-corrected chi connectivity index (χ2v) is 4.86. The number of hydrogen-bond donors (Lipinski definition) is 0. The molecule has 0 bridgehead atoms. The van der Waals surface area contributed by atoms with Gasteiger partial charge in [0.2, 0.25) is 5.95 Å². The first kappa shape index (κ1) is 13.4. The van der Waals surface area contributed by atoms with Crippen molar-refractivity contribution in [1.29, 1.82) is 0 Å². The molecule has 7 heteroatoms. The molecule has 0 atom stereocenters. The Labute approximate surface area is 122 Å². The van der Waals surface area contributed by atoms with E-state index in [2.05, 4.69) is 25.1 Å². The number of amides is 1. The Morgan fingerprint density at radius 2 is 1.81 bits per heavy atom. The zero-order valence-corrected chi connectivity index (χ0v) is 11.8. The number of nitrogens with zero attached hydrogens (tertiary/aromatic N) is 6. The van der Waals surface area contributed by atoms with Gasteiger partial charge < -0.3 is 9.80 Å². The zero-order chi connectivity index (χ0) is 14.7. The Hall–Kier alpha value is -2.57. The van der Waals surface area contributed by atoms with Gasteiger partial charge in [-0.3, -0.25) is 4.79 Å². The van der Waals surface area contributed by atoms with Crippen LogP contribution in [0.2, 0.25) is 0 Å². The fourth-order valence-corrected chi connectivity index (χ4v) is 2.36. The minimum atomic E-state index is 0.0102. The number of aryl methyl sites for hydroxylation is 1. The third-order valence-electron chi connectivity index (χ3n) is 3.54. The van der Waals surface area contributed by atoms with Crippen molar-refractivity contribution in [3.05, 3.63) is 42.0 Å². The monoisotopic (exact) mass is 284 g/mol. The Kier molecular flexibility index (Phi) is 3.72. The molecule has 3 heterocycles. The van der Waals surface area contributed by atoms with Crippen LogP contribution in [0.3, 0.4) is 0 Å². The summed E-state index contributed by atoms with van der Waals surface area (Å²) in [6.07, 6.45) is 5.01. The predicted molar refractivity (Wildman–Crippen MR) is 76.9 cm³/mol. The van der Waals surface area contributed by atoms with Crippen molar-refractivity contribution < 1.29 is 4.79 Å². The van der Waals surface area contributed by atoms with Crippen LogP contribution in [0, 0.1) is 6.92 Å². The largest absolute Gasteiger partial charge is 0.337 e. The van der Waals surface area contributed by atoms with Crippen LogP contribution in [-0.4, -0.2) is 57.2 Å². The number of carbonyl (C=O) groups is 1. The van der Waals surface area contributed by atoms with E-state index in [4.69, 9.17) is 0 Å². The number of rotatable bonds is 2. The number of carbonyl (C=O) groups excluding carboxylic acids is 1. The third kappa shape index (κ3) is 2.81. The van der Waals surface area contributed by atoms with Gasteiger partial charge in [0.1, 0.15) is 0 Å². The van der Waals surface area contributed by atoms with Crippen molar-refractivity contribution >= 4 is 11.9 Å². The first-order chi connectivity index (χ1) is 10.3. The summed E-state index contributed by atoms with van der Waals surface area (Å²) in [5, 5.41) is 7.71. The van der Waals surface area contributed by atoms with Gasteiger partial charge in [0.25, 0.3) is 5.91 Å². The molecule has 108 valence electrons. The van der Waals surface area contributed by atoms with E-state index in [1.54, 1.807) is 37.6 Å². The van der Waals surface area contributed by atoms with Crippen LogP contribution in [0.25, 0.3) is 0 Å². The molecule has 0 aromatic carbocycles. The van der Waals surface area contributed by atoms with Crippen molar-refractivity contribution in [2.75, 3.05) is 31.1 Å². The first-order valence-electron chi connectivity index (χ1n) is 6.85. The van der Waals surface area contributed by atoms with Crippen LogP contribution >= 0.6 is 0 Å². The minimum absolute atomic E-state index is 0.0102. The van der Waals surface area contributed by atoms with Crippen LogP contribution in [0.1, 0.15) is 16.1 Å². The molecule has 1 amide bonds. The van der Waals surface area contributed by atoms with E-state index in [0.717, 1.165) is 13.1 Å². The Bertz CT molecular complexity index is 624. The number of hydrogen-bond acceptors (Lipinski definition) is 6. The molecule has 0 aliphatic carbocycles. The van der Waals surface area contributed by atoms with Gasteiger partial charge in [-0.2, -0.15) is 10.2 Å². The first-order valence-corrected chi connectivity index (χ1v) is 6.85. The quantitative estimate of drug-likeness (QED) is 0.801. The number of piperazine rings is 1. The molecule has 2 aromatic rings. The molecule has 0 radical (unpaired) electrons. The molecule has 1 aliphatic heterocycles. The average Bonchev–Trinajstić information content (AvgIpc) is 2.56. The van der Waals surface area contributed by atoms with Crippen molar-refractivity contribution in [2.45, 2.75) is 6.92 Å². The number of anilines is 1. The summed E-state index contributed by atoms with van der Waals surface area (Å²) in [7, 11) is 0. The molecule has 1 aliphatic rings. The molecule has 0 N–H and O–H groups in total. The van der Waals surface area contributed by atoms with Crippen molar-refractivity contribution in [3.63, 3.8) is 0 Å². The Morgan fingerprint density at radius 1 is 1.10 bits per heavy atom. The smallest absolute Gasteiger partial charge is 0.255 e. The van der Waals surface area contributed by atoms with Gasteiger partial charge in [-0.25, -0.2) is 9.97 Å². The van der Waals surface area contributed by atoms with Gasteiger partial charge in [0.15, 0.2) is 0 Å². The van der Waals surface area contributed by atoms with Gasteiger partial charge >= 0.3 is 0 Å². The van der Waals surface area contributed by atoms with Crippen LogP contribution in [-0.2, 0) is 0 Å². The van der Waals surface area contributed by atoms with E-state index < -0.39 is 0 Å². The highest BCUT2D eigenvalue weighted by molar-refractivity contribution is 5.95. The highest BCUT2D eigenvalue weighted by atomic mass is 16.2. The van der Waals surface area contributed by atoms with Crippen molar-refractivity contribution in [3.8, 4) is 0 Å².